The van der Waals surface area contributed by atoms with Gasteiger partial charge in [-0.05, 0) is 24.5 Å². The maximum Gasteiger partial charge on any atom is 0.0247 e. The Kier molecular flexibility index (Phi) is 6.42. The molecule has 0 unspecified atom stereocenters. The zero-order valence-electron chi connectivity index (χ0n) is 9.38. The highest BCUT2D eigenvalue weighted by Crippen LogP contribution is 2.17. The van der Waals surface area contributed by atoms with Crippen LogP contribution in [0.25, 0.3) is 6.08 Å². The van der Waals surface area contributed by atoms with Gasteiger partial charge in [-0.15, -0.1) is 0 Å². The van der Waals surface area contributed by atoms with Crippen LogP contribution in [-0.2, 0) is 0 Å². The molecule has 1 aromatic rings. The van der Waals surface area contributed by atoms with Gasteiger partial charge in [0.25, 0.3) is 0 Å². The van der Waals surface area contributed by atoms with Gasteiger partial charge in [0, 0.05) is 4.47 Å². The van der Waals surface area contributed by atoms with Gasteiger partial charge in [-0.3, -0.25) is 0 Å². The first kappa shape index (κ1) is 12.5. The van der Waals surface area contributed by atoms with Gasteiger partial charge in [0.05, 0.1) is 0 Å². The number of hydrogen-bond donors (Lipinski definition) is 0. The van der Waals surface area contributed by atoms with Crippen LogP contribution in [0.4, 0.5) is 0 Å². The number of halogens is 1. The molecule has 0 saturated heterocycles. The summed E-state index contributed by atoms with van der Waals surface area (Å²) in [6, 6.07) is 8.33. The number of rotatable bonds is 6. The summed E-state index contributed by atoms with van der Waals surface area (Å²) in [4.78, 5) is 0. The molecule has 0 atom stereocenters. The van der Waals surface area contributed by atoms with Crippen LogP contribution in [0.5, 0.6) is 0 Å². The van der Waals surface area contributed by atoms with Gasteiger partial charge in [-0.2, -0.15) is 0 Å². The first-order valence-corrected chi connectivity index (χ1v) is 6.55. The molecule has 0 aliphatic heterocycles. The van der Waals surface area contributed by atoms with Crippen LogP contribution in [0, 0.1) is 0 Å². The summed E-state index contributed by atoms with van der Waals surface area (Å²) in [5.74, 6) is 0. The molecule has 0 N–H and O–H groups in total. The molecule has 0 aliphatic carbocycles. The van der Waals surface area contributed by atoms with Crippen LogP contribution in [0.15, 0.2) is 34.8 Å². The van der Waals surface area contributed by atoms with Crippen molar-refractivity contribution < 1.29 is 0 Å². The zero-order chi connectivity index (χ0) is 10.9. The standard InChI is InChI=1S/C14H19Br/c1-2-3-4-5-6-7-10-13-11-8-9-12-14(13)15/h7-12H,2-6H2,1H3/b10-7+. The number of hydrogen-bond acceptors (Lipinski definition) is 0. The minimum atomic E-state index is 1.18. The molecule has 1 heteroatoms. The van der Waals surface area contributed by atoms with Crippen molar-refractivity contribution in [3.63, 3.8) is 0 Å². The van der Waals surface area contributed by atoms with E-state index < -0.39 is 0 Å². The van der Waals surface area contributed by atoms with Crippen LogP contribution in [0.3, 0.4) is 0 Å². The first-order valence-electron chi connectivity index (χ1n) is 5.75. The Bertz CT molecular complexity index is 302. The van der Waals surface area contributed by atoms with Crippen molar-refractivity contribution in [3.8, 4) is 0 Å². The van der Waals surface area contributed by atoms with Gasteiger partial charge in [0.1, 0.15) is 0 Å². The number of unbranched alkanes of at least 4 members (excludes halogenated alkanes) is 4. The average molecular weight is 267 g/mol. The molecule has 0 heterocycles. The molecule has 15 heavy (non-hydrogen) atoms. The lowest BCUT2D eigenvalue weighted by atomic mass is 10.1. The Hall–Kier alpha value is -0.560. The third-order valence-electron chi connectivity index (χ3n) is 2.43. The molecule has 0 aliphatic rings. The molecule has 0 saturated carbocycles. The first-order chi connectivity index (χ1) is 7.34. The quantitative estimate of drug-likeness (QED) is 0.602. The molecular formula is C14H19Br. The average Bonchev–Trinajstić information content (AvgIpc) is 2.25. The van der Waals surface area contributed by atoms with Crippen LogP contribution in [0.2, 0.25) is 0 Å². The van der Waals surface area contributed by atoms with E-state index in [0.29, 0.717) is 0 Å². The smallest absolute Gasteiger partial charge is 0.0247 e. The topological polar surface area (TPSA) is 0 Å². The minimum Gasteiger partial charge on any atom is -0.0839 e. The summed E-state index contributed by atoms with van der Waals surface area (Å²) in [5.41, 5.74) is 1.27. The van der Waals surface area contributed by atoms with Gasteiger partial charge in [-0.1, -0.05) is 72.5 Å². The van der Waals surface area contributed by atoms with Crippen molar-refractivity contribution in [3.05, 3.63) is 40.4 Å². The second-order valence-corrected chi connectivity index (χ2v) is 4.63. The highest BCUT2D eigenvalue weighted by Gasteiger charge is 1.91. The predicted octanol–water partition coefficient (Wildman–Crippen LogP) is 5.43. The summed E-state index contributed by atoms with van der Waals surface area (Å²) in [6.45, 7) is 2.25. The normalized spacial score (nSPS) is 11.1. The van der Waals surface area contributed by atoms with Gasteiger partial charge in [0.15, 0.2) is 0 Å². The lowest BCUT2D eigenvalue weighted by molar-refractivity contribution is 0.675. The molecule has 1 aromatic carbocycles. The maximum absolute atomic E-state index is 3.54. The van der Waals surface area contributed by atoms with E-state index in [-0.39, 0.29) is 0 Å². The Morgan fingerprint density at radius 1 is 1.13 bits per heavy atom. The lowest BCUT2D eigenvalue weighted by Gasteiger charge is -1.97. The van der Waals surface area contributed by atoms with Gasteiger partial charge < -0.3 is 0 Å². The predicted molar refractivity (Wildman–Crippen MR) is 71.9 cm³/mol. The van der Waals surface area contributed by atoms with E-state index in [0.717, 1.165) is 0 Å². The van der Waals surface area contributed by atoms with E-state index in [4.69, 9.17) is 0 Å². The summed E-state index contributed by atoms with van der Waals surface area (Å²) in [6.07, 6.45) is 11.0. The van der Waals surface area contributed by atoms with E-state index in [9.17, 15) is 0 Å². The van der Waals surface area contributed by atoms with E-state index in [2.05, 4.69) is 53.2 Å². The molecule has 0 aromatic heterocycles. The molecule has 0 spiro atoms. The SMILES string of the molecule is CCCCCC/C=C/c1ccccc1Br. The Balaban J connectivity index is 2.29. The minimum absolute atomic E-state index is 1.18. The van der Waals surface area contributed by atoms with Crippen molar-refractivity contribution in [2.45, 2.75) is 39.0 Å². The highest BCUT2D eigenvalue weighted by atomic mass is 79.9. The number of benzene rings is 1. The molecule has 82 valence electrons. The van der Waals surface area contributed by atoms with Crippen molar-refractivity contribution in [2.24, 2.45) is 0 Å². The fourth-order valence-corrected chi connectivity index (χ4v) is 1.93. The Morgan fingerprint density at radius 3 is 2.67 bits per heavy atom. The van der Waals surface area contributed by atoms with Gasteiger partial charge in [-0.25, -0.2) is 0 Å². The van der Waals surface area contributed by atoms with E-state index in [1.165, 1.54) is 42.1 Å². The van der Waals surface area contributed by atoms with Crippen LogP contribution < -0.4 is 0 Å². The van der Waals surface area contributed by atoms with E-state index in [1.807, 2.05) is 6.07 Å². The van der Waals surface area contributed by atoms with Crippen LogP contribution in [-0.4, -0.2) is 0 Å². The molecule has 0 nitrogen and oxygen atoms in total. The fourth-order valence-electron chi connectivity index (χ4n) is 1.51. The van der Waals surface area contributed by atoms with Gasteiger partial charge >= 0.3 is 0 Å². The van der Waals surface area contributed by atoms with E-state index >= 15 is 0 Å². The third-order valence-corrected chi connectivity index (χ3v) is 3.15. The largest absolute Gasteiger partial charge is 0.0839 e. The monoisotopic (exact) mass is 266 g/mol. The molecule has 1 rings (SSSR count). The van der Waals surface area contributed by atoms with Crippen LogP contribution in [0.1, 0.15) is 44.6 Å². The maximum atomic E-state index is 3.54. The highest BCUT2D eigenvalue weighted by molar-refractivity contribution is 9.10. The molecule has 0 bridgehead atoms. The van der Waals surface area contributed by atoms with Crippen molar-refractivity contribution in [2.75, 3.05) is 0 Å². The third kappa shape index (κ3) is 5.17. The molecule has 0 amide bonds. The Labute approximate surface area is 102 Å². The van der Waals surface area contributed by atoms with Crippen LogP contribution >= 0.6 is 15.9 Å². The fraction of sp³-hybridized carbons (Fsp3) is 0.429. The number of allylic oxidation sites excluding steroid dienone is 1. The summed E-state index contributed by atoms with van der Waals surface area (Å²) >= 11 is 3.54. The molecule has 0 radical (unpaired) electrons. The van der Waals surface area contributed by atoms with Gasteiger partial charge in [0.2, 0.25) is 0 Å². The van der Waals surface area contributed by atoms with Crippen molar-refractivity contribution in [1.29, 1.82) is 0 Å². The lowest BCUT2D eigenvalue weighted by Crippen LogP contribution is -1.75. The van der Waals surface area contributed by atoms with Crippen molar-refractivity contribution >= 4 is 22.0 Å². The summed E-state index contributed by atoms with van der Waals surface area (Å²) in [5, 5.41) is 0. The summed E-state index contributed by atoms with van der Waals surface area (Å²) < 4.78 is 1.18. The zero-order valence-corrected chi connectivity index (χ0v) is 11.0. The van der Waals surface area contributed by atoms with E-state index in [1.54, 1.807) is 0 Å². The molecular weight excluding hydrogens is 248 g/mol. The second kappa shape index (κ2) is 7.70. The summed E-state index contributed by atoms with van der Waals surface area (Å²) in [7, 11) is 0. The second-order valence-electron chi connectivity index (χ2n) is 3.77. The molecule has 0 fully saturated rings. The van der Waals surface area contributed by atoms with Crippen molar-refractivity contribution in [1.82, 2.24) is 0 Å². The Morgan fingerprint density at radius 2 is 1.93 bits per heavy atom.